The molecule has 1 unspecified atom stereocenters. The third-order valence-electron chi connectivity index (χ3n) is 3.17. The summed E-state index contributed by atoms with van der Waals surface area (Å²) < 4.78 is 13.4. The summed E-state index contributed by atoms with van der Waals surface area (Å²) >= 11 is 5.61. The van der Waals surface area contributed by atoms with E-state index in [0.717, 1.165) is 0 Å². The Labute approximate surface area is 138 Å². The van der Waals surface area contributed by atoms with Gasteiger partial charge in [0.2, 0.25) is 0 Å². The highest BCUT2D eigenvalue weighted by Gasteiger charge is 2.11. The van der Waals surface area contributed by atoms with Crippen LogP contribution < -0.4 is 10.6 Å². The lowest BCUT2D eigenvalue weighted by Gasteiger charge is -2.13. The number of halogens is 2. The van der Waals surface area contributed by atoms with Crippen LogP contribution in [0.25, 0.3) is 0 Å². The monoisotopic (exact) mass is 337 g/mol. The number of benzene rings is 1. The number of hydrogen-bond donors (Lipinski definition) is 3. The van der Waals surface area contributed by atoms with Gasteiger partial charge in [0.05, 0.1) is 16.7 Å². The van der Waals surface area contributed by atoms with Crippen LogP contribution in [0, 0.1) is 5.82 Å². The Bertz CT molecular complexity index is 680. The zero-order chi connectivity index (χ0) is 16.8. The van der Waals surface area contributed by atoms with Gasteiger partial charge in [-0.15, -0.1) is 0 Å². The van der Waals surface area contributed by atoms with E-state index in [1.807, 2.05) is 6.92 Å². The van der Waals surface area contributed by atoms with E-state index in [1.54, 1.807) is 18.2 Å². The number of amides is 1. The van der Waals surface area contributed by atoms with Crippen molar-refractivity contribution >= 4 is 23.3 Å². The molecular formula is C16H17ClFN3O2. The van der Waals surface area contributed by atoms with Crippen LogP contribution in [-0.2, 0) is 0 Å². The molecule has 0 aliphatic heterocycles. The van der Waals surface area contributed by atoms with Crippen molar-refractivity contribution in [3.63, 3.8) is 0 Å². The van der Waals surface area contributed by atoms with Gasteiger partial charge in [0.25, 0.3) is 5.91 Å². The molecule has 1 aromatic heterocycles. The lowest BCUT2D eigenvalue weighted by atomic mass is 10.1. The summed E-state index contributed by atoms with van der Waals surface area (Å²) in [5.74, 6) is -0.262. The predicted octanol–water partition coefficient (Wildman–Crippen LogP) is 2.77. The van der Waals surface area contributed by atoms with Crippen molar-refractivity contribution in [2.45, 2.75) is 13.0 Å². The molecule has 3 N–H and O–H groups in total. The predicted molar refractivity (Wildman–Crippen MR) is 87.1 cm³/mol. The van der Waals surface area contributed by atoms with Gasteiger partial charge in [0.15, 0.2) is 0 Å². The molecule has 0 aliphatic carbocycles. The number of nitrogens with zero attached hydrogens (tertiary/aromatic N) is 1. The molecule has 1 atom stereocenters. The Morgan fingerprint density at radius 2 is 2.17 bits per heavy atom. The van der Waals surface area contributed by atoms with E-state index < -0.39 is 11.9 Å². The van der Waals surface area contributed by atoms with Crippen molar-refractivity contribution in [2.75, 3.05) is 18.4 Å². The van der Waals surface area contributed by atoms with Crippen molar-refractivity contribution in [2.24, 2.45) is 0 Å². The van der Waals surface area contributed by atoms with E-state index in [4.69, 9.17) is 11.6 Å². The third kappa shape index (κ3) is 4.64. The maximum Gasteiger partial charge on any atom is 0.252 e. The third-order valence-corrected chi connectivity index (χ3v) is 3.47. The van der Waals surface area contributed by atoms with Crippen LogP contribution in [-0.4, -0.2) is 29.1 Å². The van der Waals surface area contributed by atoms with Crippen LogP contribution in [0.15, 0.2) is 36.5 Å². The minimum absolute atomic E-state index is 0.0107. The van der Waals surface area contributed by atoms with E-state index >= 15 is 0 Å². The van der Waals surface area contributed by atoms with Crippen LogP contribution in [0.5, 0.6) is 0 Å². The summed E-state index contributed by atoms with van der Waals surface area (Å²) in [5, 5.41) is 15.7. The van der Waals surface area contributed by atoms with Gasteiger partial charge in [-0.1, -0.05) is 17.7 Å². The highest BCUT2D eigenvalue weighted by atomic mass is 35.5. The number of hydrogen-bond acceptors (Lipinski definition) is 4. The Kier molecular flexibility index (Phi) is 5.90. The maximum absolute atomic E-state index is 13.4. The topological polar surface area (TPSA) is 74.2 Å². The van der Waals surface area contributed by atoms with Crippen LogP contribution in [0.2, 0.25) is 5.02 Å². The summed E-state index contributed by atoms with van der Waals surface area (Å²) in [5.41, 5.74) is 0.871. The Morgan fingerprint density at radius 1 is 1.39 bits per heavy atom. The second-order valence-corrected chi connectivity index (χ2v) is 5.27. The molecule has 0 fully saturated rings. The summed E-state index contributed by atoms with van der Waals surface area (Å²) in [6.45, 7) is 2.53. The van der Waals surface area contributed by atoms with Gasteiger partial charge >= 0.3 is 0 Å². The number of rotatable bonds is 6. The fourth-order valence-corrected chi connectivity index (χ4v) is 2.05. The van der Waals surface area contributed by atoms with Gasteiger partial charge in [0, 0.05) is 19.3 Å². The fourth-order valence-electron chi connectivity index (χ4n) is 1.93. The Balaban J connectivity index is 1.94. The Morgan fingerprint density at radius 3 is 2.78 bits per heavy atom. The zero-order valence-corrected chi connectivity index (χ0v) is 13.3. The van der Waals surface area contributed by atoms with Gasteiger partial charge in [-0.3, -0.25) is 4.79 Å². The average molecular weight is 338 g/mol. The molecule has 0 saturated heterocycles. The lowest BCUT2D eigenvalue weighted by Crippen LogP contribution is -2.22. The minimum Gasteiger partial charge on any atom is -0.387 e. The number of aromatic nitrogens is 1. The molecule has 0 spiro atoms. The Hall–Kier alpha value is -2.18. The quantitative estimate of drug-likeness (QED) is 0.757. The van der Waals surface area contributed by atoms with E-state index in [9.17, 15) is 14.3 Å². The molecule has 1 aromatic carbocycles. The van der Waals surface area contributed by atoms with Crippen molar-refractivity contribution in [3.05, 3.63) is 58.5 Å². The van der Waals surface area contributed by atoms with Crippen molar-refractivity contribution in [3.8, 4) is 0 Å². The minimum atomic E-state index is -0.911. The number of pyridine rings is 1. The molecule has 5 nitrogen and oxygen atoms in total. The lowest BCUT2D eigenvalue weighted by molar-refractivity contribution is 0.0955. The molecular weight excluding hydrogens is 321 g/mol. The second-order valence-electron chi connectivity index (χ2n) is 4.86. The highest BCUT2D eigenvalue weighted by molar-refractivity contribution is 6.30. The molecule has 2 rings (SSSR count). The van der Waals surface area contributed by atoms with E-state index in [2.05, 4.69) is 15.6 Å². The number of aliphatic hydroxyl groups is 1. The first-order valence-electron chi connectivity index (χ1n) is 7.12. The average Bonchev–Trinajstić information content (AvgIpc) is 2.56. The van der Waals surface area contributed by atoms with E-state index in [-0.39, 0.29) is 17.5 Å². The molecule has 0 aliphatic rings. The molecule has 1 heterocycles. The molecule has 122 valence electrons. The summed E-state index contributed by atoms with van der Waals surface area (Å²) in [4.78, 5) is 15.7. The van der Waals surface area contributed by atoms with Gasteiger partial charge in [0.1, 0.15) is 11.6 Å². The smallest absolute Gasteiger partial charge is 0.252 e. The normalized spacial score (nSPS) is 11.8. The van der Waals surface area contributed by atoms with Gasteiger partial charge in [-0.25, -0.2) is 9.37 Å². The first-order valence-corrected chi connectivity index (χ1v) is 7.50. The molecule has 23 heavy (non-hydrogen) atoms. The number of carbonyl (C=O) groups excluding carboxylic acids is 1. The standard InChI is InChI=1S/C16H17ClFN3O2/c1-2-19-16(23)11-4-6-15(20-8-11)21-9-14(22)10-3-5-12(17)13(18)7-10/h3-8,14,22H,2,9H2,1H3,(H,19,23)(H,20,21). The first-order chi connectivity index (χ1) is 11.0. The van der Waals surface area contributed by atoms with Crippen LogP contribution in [0.1, 0.15) is 28.9 Å². The van der Waals surface area contributed by atoms with E-state index in [1.165, 1.54) is 18.3 Å². The van der Waals surface area contributed by atoms with Gasteiger partial charge in [-0.05, 0) is 36.8 Å². The summed E-state index contributed by atoms with van der Waals surface area (Å²) in [6, 6.07) is 7.42. The van der Waals surface area contributed by atoms with E-state index in [0.29, 0.717) is 23.5 Å². The van der Waals surface area contributed by atoms with Crippen molar-refractivity contribution in [1.29, 1.82) is 0 Å². The fraction of sp³-hybridized carbons (Fsp3) is 0.250. The maximum atomic E-state index is 13.4. The number of anilines is 1. The van der Waals surface area contributed by atoms with Crippen LogP contribution in [0.3, 0.4) is 0 Å². The number of nitrogens with one attached hydrogen (secondary N) is 2. The summed E-state index contributed by atoms with van der Waals surface area (Å²) in [6.07, 6.45) is 0.536. The largest absolute Gasteiger partial charge is 0.387 e. The molecule has 7 heteroatoms. The van der Waals surface area contributed by atoms with Crippen molar-refractivity contribution in [1.82, 2.24) is 10.3 Å². The molecule has 0 bridgehead atoms. The highest BCUT2D eigenvalue weighted by Crippen LogP contribution is 2.20. The second kappa shape index (κ2) is 7.89. The molecule has 0 saturated carbocycles. The molecule has 2 aromatic rings. The molecule has 1 amide bonds. The zero-order valence-electron chi connectivity index (χ0n) is 12.5. The van der Waals surface area contributed by atoms with Gasteiger partial charge < -0.3 is 15.7 Å². The van der Waals surface area contributed by atoms with Crippen LogP contribution in [0.4, 0.5) is 10.2 Å². The first kappa shape index (κ1) is 17.2. The molecule has 0 radical (unpaired) electrons. The van der Waals surface area contributed by atoms with Gasteiger partial charge in [-0.2, -0.15) is 0 Å². The van der Waals surface area contributed by atoms with Crippen LogP contribution >= 0.6 is 11.6 Å². The number of aliphatic hydroxyl groups excluding tert-OH is 1. The number of carbonyl (C=O) groups is 1. The summed E-state index contributed by atoms with van der Waals surface area (Å²) in [7, 11) is 0. The SMILES string of the molecule is CCNC(=O)c1ccc(NCC(O)c2ccc(Cl)c(F)c2)nc1. The van der Waals surface area contributed by atoms with Crippen molar-refractivity contribution < 1.29 is 14.3 Å².